The first kappa shape index (κ1) is 17.0. The number of hydrogen-bond donors (Lipinski definition) is 0. The van der Waals surface area contributed by atoms with Crippen molar-refractivity contribution in [2.45, 2.75) is 91.6 Å². The molecule has 1 nitrogen and oxygen atoms in total. The third-order valence-corrected chi connectivity index (χ3v) is 3.67. The highest BCUT2D eigenvalue weighted by molar-refractivity contribution is 4.66. The van der Waals surface area contributed by atoms with Gasteiger partial charge in [0.25, 0.3) is 0 Å². The van der Waals surface area contributed by atoms with Crippen molar-refractivity contribution in [3.8, 4) is 0 Å². The molecule has 104 valence electrons. The highest BCUT2D eigenvalue weighted by Gasteiger charge is 2.14. The minimum absolute atomic E-state index is 0.522. The minimum atomic E-state index is 0.522. The molecule has 0 aliphatic carbocycles. The smallest absolute Gasteiger partial charge is 0.0577 e. The van der Waals surface area contributed by atoms with E-state index >= 15 is 0 Å². The monoisotopic (exact) mass is 242 g/mol. The Bertz CT molecular complexity index is 144. The molecule has 0 aliphatic heterocycles. The predicted octanol–water partition coefficient (Wildman–Crippen LogP) is 5.58. The first-order chi connectivity index (χ1) is 8.28. The van der Waals surface area contributed by atoms with E-state index in [0.717, 1.165) is 12.5 Å². The van der Waals surface area contributed by atoms with E-state index in [4.69, 9.17) is 4.74 Å². The van der Waals surface area contributed by atoms with E-state index < -0.39 is 0 Å². The first-order valence-electron chi connectivity index (χ1n) is 7.89. The van der Waals surface area contributed by atoms with Crippen LogP contribution in [-0.2, 0) is 4.74 Å². The molecule has 0 aromatic carbocycles. The Hall–Kier alpha value is -0.0400. The molecule has 0 N–H and O–H groups in total. The van der Waals surface area contributed by atoms with Crippen molar-refractivity contribution in [3.05, 3.63) is 0 Å². The van der Waals surface area contributed by atoms with Gasteiger partial charge in [-0.25, -0.2) is 0 Å². The molecule has 0 fully saturated rings. The van der Waals surface area contributed by atoms with Gasteiger partial charge in [0, 0.05) is 6.61 Å². The second-order valence-electron chi connectivity index (χ2n) is 5.23. The summed E-state index contributed by atoms with van der Waals surface area (Å²) in [6.45, 7) is 9.88. The molecular weight excluding hydrogens is 208 g/mol. The Morgan fingerprint density at radius 3 is 2.06 bits per heavy atom. The lowest BCUT2D eigenvalue weighted by Gasteiger charge is -2.22. The summed E-state index contributed by atoms with van der Waals surface area (Å²) in [6.07, 6.45) is 12.5. The number of hydrogen-bond acceptors (Lipinski definition) is 1. The van der Waals surface area contributed by atoms with E-state index in [1.807, 2.05) is 0 Å². The highest BCUT2D eigenvalue weighted by Crippen LogP contribution is 2.22. The molecule has 2 atom stereocenters. The maximum absolute atomic E-state index is 5.90. The molecular formula is C16H34O. The van der Waals surface area contributed by atoms with Crippen LogP contribution in [0.15, 0.2) is 0 Å². The van der Waals surface area contributed by atoms with Crippen LogP contribution in [0.5, 0.6) is 0 Å². The lowest BCUT2D eigenvalue weighted by atomic mass is 9.91. The van der Waals surface area contributed by atoms with Crippen LogP contribution in [0.25, 0.3) is 0 Å². The zero-order valence-corrected chi connectivity index (χ0v) is 12.6. The normalized spacial score (nSPS) is 14.8. The Morgan fingerprint density at radius 2 is 1.53 bits per heavy atom. The summed E-state index contributed by atoms with van der Waals surface area (Å²) in [5.41, 5.74) is 0. The van der Waals surface area contributed by atoms with Gasteiger partial charge in [-0.1, -0.05) is 65.7 Å². The molecule has 0 aromatic rings. The Labute approximate surface area is 109 Å². The molecule has 17 heavy (non-hydrogen) atoms. The van der Waals surface area contributed by atoms with Crippen molar-refractivity contribution in [2.75, 3.05) is 6.61 Å². The lowest BCUT2D eigenvalue weighted by Crippen LogP contribution is -2.18. The maximum atomic E-state index is 5.90. The van der Waals surface area contributed by atoms with E-state index in [-0.39, 0.29) is 0 Å². The fourth-order valence-electron chi connectivity index (χ4n) is 2.48. The Kier molecular flexibility index (Phi) is 12.4. The van der Waals surface area contributed by atoms with Crippen LogP contribution in [0.4, 0.5) is 0 Å². The SMILES string of the molecule is CCCCCC(CC(CC)CCCC)OCC. The summed E-state index contributed by atoms with van der Waals surface area (Å²) in [6, 6.07) is 0. The van der Waals surface area contributed by atoms with Gasteiger partial charge in [0.2, 0.25) is 0 Å². The van der Waals surface area contributed by atoms with Gasteiger partial charge in [0.15, 0.2) is 0 Å². The van der Waals surface area contributed by atoms with E-state index in [1.54, 1.807) is 0 Å². The predicted molar refractivity (Wildman–Crippen MR) is 77.5 cm³/mol. The molecule has 0 aromatic heterocycles. The average molecular weight is 242 g/mol. The van der Waals surface area contributed by atoms with Crippen molar-refractivity contribution < 1.29 is 4.74 Å². The van der Waals surface area contributed by atoms with Crippen LogP contribution >= 0.6 is 0 Å². The average Bonchev–Trinajstić information content (AvgIpc) is 2.34. The van der Waals surface area contributed by atoms with Gasteiger partial charge in [0.1, 0.15) is 0 Å². The molecule has 0 radical (unpaired) electrons. The van der Waals surface area contributed by atoms with Crippen molar-refractivity contribution in [3.63, 3.8) is 0 Å². The third-order valence-electron chi connectivity index (χ3n) is 3.67. The van der Waals surface area contributed by atoms with E-state index in [0.29, 0.717) is 6.10 Å². The molecule has 0 amide bonds. The topological polar surface area (TPSA) is 9.23 Å². The van der Waals surface area contributed by atoms with Crippen molar-refractivity contribution >= 4 is 0 Å². The molecule has 2 unspecified atom stereocenters. The molecule has 0 spiro atoms. The minimum Gasteiger partial charge on any atom is -0.378 e. The van der Waals surface area contributed by atoms with Crippen LogP contribution < -0.4 is 0 Å². The quantitative estimate of drug-likeness (QED) is 0.406. The van der Waals surface area contributed by atoms with Crippen LogP contribution in [0.1, 0.15) is 85.5 Å². The van der Waals surface area contributed by atoms with Crippen LogP contribution in [0.2, 0.25) is 0 Å². The second kappa shape index (κ2) is 12.4. The molecule has 0 saturated heterocycles. The van der Waals surface area contributed by atoms with Crippen molar-refractivity contribution in [1.82, 2.24) is 0 Å². The second-order valence-corrected chi connectivity index (χ2v) is 5.23. The van der Waals surface area contributed by atoms with E-state index in [2.05, 4.69) is 27.7 Å². The molecule has 0 saturated carbocycles. The summed E-state index contributed by atoms with van der Waals surface area (Å²) in [5.74, 6) is 0.883. The van der Waals surface area contributed by atoms with Gasteiger partial charge < -0.3 is 4.74 Å². The number of ether oxygens (including phenoxy) is 1. The summed E-state index contributed by atoms with van der Waals surface area (Å²) in [4.78, 5) is 0. The van der Waals surface area contributed by atoms with Gasteiger partial charge in [0.05, 0.1) is 6.10 Å². The summed E-state index contributed by atoms with van der Waals surface area (Å²) in [7, 11) is 0. The third kappa shape index (κ3) is 9.64. The standard InChI is InChI=1S/C16H34O/c1-5-9-11-13-16(17-8-4)14-15(7-3)12-10-6-2/h15-16H,5-14H2,1-4H3. The molecule has 0 bridgehead atoms. The highest BCUT2D eigenvalue weighted by atomic mass is 16.5. The summed E-state index contributed by atoms with van der Waals surface area (Å²) < 4.78 is 5.90. The van der Waals surface area contributed by atoms with Gasteiger partial charge >= 0.3 is 0 Å². The van der Waals surface area contributed by atoms with Crippen molar-refractivity contribution in [1.29, 1.82) is 0 Å². The van der Waals surface area contributed by atoms with Crippen LogP contribution in [0.3, 0.4) is 0 Å². The number of rotatable bonds is 12. The fraction of sp³-hybridized carbons (Fsp3) is 1.00. The number of unbranched alkanes of at least 4 members (excludes halogenated alkanes) is 3. The zero-order chi connectivity index (χ0) is 12.9. The van der Waals surface area contributed by atoms with Crippen LogP contribution in [0, 0.1) is 5.92 Å². The molecule has 0 heterocycles. The van der Waals surface area contributed by atoms with Gasteiger partial charge in [-0.05, 0) is 25.7 Å². The van der Waals surface area contributed by atoms with Gasteiger partial charge in [-0.3, -0.25) is 0 Å². The first-order valence-corrected chi connectivity index (χ1v) is 7.89. The largest absolute Gasteiger partial charge is 0.378 e. The zero-order valence-electron chi connectivity index (χ0n) is 12.6. The fourth-order valence-corrected chi connectivity index (χ4v) is 2.48. The lowest BCUT2D eigenvalue weighted by molar-refractivity contribution is 0.0354. The van der Waals surface area contributed by atoms with Gasteiger partial charge in [-0.15, -0.1) is 0 Å². The Morgan fingerprint density at radius 1 is 0.824 bits per heavy atom. The summed E-state index contributed by atoms with van der Waals surface area (Å²) >= 11 is 0. The maximum Gasteiger partial charge on any atom is 0.0577 e. The van der Waals surface area contributed by atoms with Crippen LogP contribution in [-0.4, -0.2) is 12.7 Å². The molecule has 1 heteroatoms. The Balaban J connectivity index is 3.91. The molecule has 0 aliphatic rings. The summed E-state index contributed by atoms with van der Waals surface area (Å²) in [5, 5.41) is 0. The van der Waals surface area contributed by atoms with E-state index in [1.165, 1.54) is 57.8 Å². The molecule has 0 rings (SSSR count). The van der Waals surface area contributed by atoms with Gasteiger partial charge in [-0.2, -0.15) is 0 Å². The van der Waals surface area contributed by atoms with Crippen molar-refractivity contribution in [2.24, 2.45) is 5.92 Å². The van der Waals surface area contributed by atoms with E-state index in [9.17, 15) is 0 Å².